The van der Waals surface area contributed by atoms with Crippen LogP contribution in [0.5, 0.6) is 6.01 Å². The molecule has 5 heteroatoms. The van der Waals surface area contributed by atoms with Gasteiger partial charge in [-0.15, -0.1) is 0 Å². The van der Waals surface area contributed by atoms with Gasteiger partial charge in [0.1, 0.15) is 0 Å². The molecule has 1 saturated heterocycles. The van der Waals surface area contributed by atoms with Crippen molar-refractivity contribution in [2.24, 2.45) is 0 Å². The van der Waals surface area contributed by atoms with Crippen LogP contribution < -0.4 is 4.74 Å². The number of hydrogen-bond acceptors (Lipinski definition) is 5. The van der Waals surface area contributed by atoms with Gasteiger partial charge >= 0.3 is 6.01 Å². The number of ether oxygens (including phenoxy) is 2. The third-order valence-corrected chi connectivity index (χ3v) is 3.22. The molecule has 1 aromatic rings. The molecule has 1 fully saturated rings. The Bertz CT molecular complexity index is 354. The standard InChI is InChI=1S/C13H21N3O2/c1-3-4-12-10-18-6-5-16(12)9-11-7-14-13(17-2)15-8-11/h7-8,12H,3-6,9-10H2,1-2H3/t12-/m0/s1. The minimum Gasteiger partial charge on any atom is -0.467 e. The smallest absolute Gasteiger partial charge is 0.316 e. The molecule has 5 nitrogen and oxygen atoms in total. The highest BCUT2D eigenvalue weighted by molar-refractivity contribution is 5.07. The molecular weight excluding hydrogens is 230 g/mol. The Labute approximate surface area is 108 Å². The minimum absolute atomic E-state index is 0.422. The molecule has 0 spiro atoms. The summed E-state index contributed by atoms with van der Waals surface area (Å²) in [6, 6.07) is 0.941. The van der Waals surface area contributed by atoms with Crippen molar-refractivity contribution in [1.82, 2.24) is 14.9 Å². The fraction of sp³-hybridized carbons (Fsp3) is 0.692. The maximum absolute atomic E-state index is 5.55. The average molecular weight is 251 g/mol. The van der Waals surface area contributed by atoms with Crippen molar-refractivity contribution in [3.8, 4) is 6.01 Å². The number of methoxy groups -OCH3 is 1. The lowest BCUT2D eigenvalue weighted by Crippen LogP contribution is -2.44. The first-order valence-electron chi connectivity index (χ1n) is 6.50. The molecule has 18 heavy (non-hydrogen) atoms. The molecular formula is C13H21N3O2. The first kappa shape index (κ1) is 13.2. The zero-order chi connectivity index (χ0) is 12.8. The van der Waals surface area contributed by atoms with Crippen molar-refractivity contribution in [2.45, 2.75) is 32.4 Å². The Balaban J connectivity index is 1.96. The van der Waals surface area contributed by atoms with E-state index < -0.39 is 0 Å². The van der Waals surface area contributed by atoms with E-state index in [2.05, 4.69) is 21.8 Å². The minimum atomic E-state index is 0.422. The van der Waals surface area contributed by atoms with E-state index in [4.69, 9.17) is 9.47 Å². The monoisotopic (exact) mass is 251 g/mol. The summed E-state index contributed by atoms with van der Waals surface area (Å²) in [5, 5.41) is 0. The second-order valence-corrected chi connectivity index (χ2v) is 4.57. The number of nitrogens with zero attached hydrogens (tertiary/aromatic N) is 3. The Hall–Kier alpha value is -1.20. The van der Waals surface area contributed by atoms with Crippen LogP contribution in [-0.4, -0.2) is 47.8 Å². The van der Waals surface area contributed by atoms with Crippen molar-refractivity contribution >= 4 is 0 Å². The topological polar surface area (TPSA) is 47.5 Å². The summed E-state index contributed by atoms with van der Waals surface area (Å²) in [6.45, 7) is 5.74. The summed E-state index contributed by atoms with van der Waals surface area (Å²) in [4.78, 5) is 10.7. The molecule has 0 saturated carbocycles. The summed E-state index contributed by atoms with van der Waals surface area (Å²) in [7, 11) is 1.58. The van der Waals surface area contributed by atoms with Gasteiger partial charge in [-0.1, -0.05) is 13.3 Å². The third kappa shape index (κ3) is 3.40. The normalized spacial score (nSPS) is 20.9. The molecule has 1 aliphatic rings. The highest BCUT2D eigenvalue weighted by atomic mass is 16.5. The quantitative estimate of drug-likeness (QED) is 0.793. The maximum atomic E-state index is 5.55. The molecule has 0 bridgehead atoms. The highest BCUT2D eigenvalue weighted by Gasteiger charge is 2.22. The van der Waals surface area contributed by atoms with Gasteiger partial charge in [-0.25, -0.2) is 9.97 Å². The number of morpholine rings is 1. The van der Waals surface area contributed by atoms with E-state index in [1.165, 1.54) is 12.8 Å². The lowest BCUT2D eigenvalue weighted by molar-refractivity contribution is -0.0148. The van der Waals surface area contributed by atoms with E-state index in [0.29, 0.717) is 12.1 Å². The van der Waals surface area contributed by atoms with Crippen molar-refractivity contribution in [2.75, 3.05) is 26.9 Å². The van der Waals surface area contributed by atoms with Crippen LogP contribution in [0.15, 0.2) is 12.4 Å². The van der Waals surface area contributed by atoms with Crippen LogP contribution in [0.2, 0.25) is 0 Å². The van der Waals surface area contributed by atoms with Crippen molar-refractivity contribution in [1.29, 1.82) is 0 Å². The zero-order valence-corrected chi connectivity index (χ0v) is 11.1. The molecule has 1 aromatic heterocycles. The fourth-order valence-electron chi connectivity index (χ4n) is 2.26. The van der Waals surface area contributed by atoms with Crippen LogP contribution in [0, 0.1) is 0 Å². The Morgan fingerprint density at radius 2 is 2.22 bits per heavy atom. The number of hydrogen-bond donors (Lipinski definition) is 0. The van der Waals surface area contributed by atoms with Gasteiger partial charge in [0.2, 0.25) is 0 Å². The molecule has 2 heterocycles. The number of rotatable bonds is 5. The van der Waals surface area contributed by atoms with Crippen molar-refractivity contribution in [3.05, 3.63) is 18.0 Å². The average Bonchev–Trinajstić information content (AvgIpc) is 2.42. The van der Waals surface area contributed by atoms with E-state index in [-0.39, 0.29) is 0 Å². The van der Waals surface area contributed by atoms with E-state index in [9.17, 15) is 0 Å². The zero-order valence-electron chi connectivity index (χ0n) is 11.1. The van der Waals surface area contributed by atoms with Crippen LogP contribution in [0.3, 0.4) is 0 Å². The van der Waals surface area contributed by atoms with Crippen LogP contribution >= 0.6 is 0 Å². The summed E-state index contributed by atoms with van der Waals surface area (Å²) in [5.74, 6) is 0. The predicted octanol–water partition coefficient (Wildman–Crippen LogP) is 1.49. The van der Waals surface area contributed by atoms with Gasteiger partial charge in [-0.05, 0) is 6.42 Å². The predicted molar refractivity (Wildman–Crippen MR) is 68.5 cm³/mol. The largest absolute Gasteiger partial charge is 0.467 e. The van der Waals surface area contributed by atoms with Crippen LogP contribution in [-0.2, 0) is 11.3 Å². The van der Waals surface area contributed by atoms with E-state index in [1.54, 1.807) is 7.11 Å². The SMILES string of the molecule is CCC[C@H]1COCCN1Cc1cnc(OC)nc1. The van der Waals surface area contributed by atoms with Gasteiger partial charge in [-0.3, -0.25) is 4.90 Å². The Morgan fingerprint density at radius 3 is 2.89 bits per heavy atom. The first-order chi connectivity index (χ1) is 8.83. The lowest BCUT2D eigenvalue weighted by Gasteiger charge is -2.35. The summed E-state index contributed by atoms with van der Waals surface area (Å²) in [6.07, 6.45) is 6.04. The lowest BCUT2D eigenvalue weighted by atomic mass is 10.1. The van der Waals surface area contributed by atoms with Gasteiger partial charge in [-0.2, -0.15) is 0 Å². The second-order valence-electron chi connectivity index (χ2n) is 4.57. The van der Waals surface area contributed by atoms with Crippen LogP contribution in [0.4, 0.5) is 0 Å². The van der Waals surface area contributed by atoms with Gasteiger partial charge in [0, 0.05) is 37.1 Å². The summed E-state index contributed by atoms with van der Waals surface area (Å²) in [5.41, 5.74) is 1.12. The third-order valence-electron chi connectivity index (χ3n) is 3.22. The van der Waals surface area contributed by atoms with Gasteiger partial charge in [0.25, 0.3) is 0 Å². The molecule has 1 aliphatic heterocycles. The molecule has 1 atom stereocenters. The van der Waals surface area contributed by atoms with Gasteiger partial charge in [0.05, 0.1) is 20.3 Å². The molecule has 0 amide bonds. The second kappa shape index (κ2) is 6.66. The first-order valence-corrected chi connectivity index (χ1v) is 6.50. The summed E-state index contributed by atoms with van der Waals surface area (Å²) >= 11 is 0. The van der Waals surface area contributed by atoms with Gasteiger partial charge < -0.3 is 9.47 Å². The molecule has 0 aromatic carbocycles. The fourth-order valence-corrected chi connectivity index (χ4v) is 2.26. The molecule has 0 radical (unpaired) electrons. The Kier molecular flexibility index (Phi) is 4.90. The maximum Gasteiger partial charge on any atom is 0.316 e. The van der Waals surface area contributed by atoms with Gasteiger partial charge in [0.15, 0.2) is 0 Å². The molecule has 0 unspecified atom stereocenters. The molecule has 100 valence electrons. The van der Waals surface area contributed by atoms with E-state index in [1.807, 2.05) is 12.4 Å². The Morgan fingerprint density at radius 1 is 1.44 bits per heavy atom. The molecule has 0 aliphatic carbocycles. The summed E-state index contributed by atoms with van der Waals surface area (Å²) < 4.78 is 10.5. The number of aromatic nitrogens is 2. The van der Waals surface area contributed by atoms with E-state index >= 15 is 0 Å². The van der Waals surface area contributed by atoms with Crippen LogP contribution in [0.1, 0.15) is 25.3 Å². The molecule has 0 N–H and O–H groups in total. The molecule has 2 rings (SSSR count). The van der Waals surface area contributed by atoms with Crippen molar-refractivity contribution in [3.63, 3.8) is 0 Å². The van der Waals surface area contributed by atoms with E-state index in [0.717, 1.165) is 31.9 Å². The van der Waals surface area contributed by atoms with Crippen molar-refractivity contribution < 1.29 is 9.47 Å². The highest BCUT2D eigenvalue weighted by Crippen LogP contribution is 2.15. The van der Waals surface area contributed by atoms with Crippen LogP contribution in [0.25, 0.3) is 0 Å².